The summed E-state index contributed by atoms with van der Waals surface area (Å²) in [5, 5.41) is 14.5. The van der Waals surface area contributed by atoms with Gasteiger partial charge in [-0.15, -0.1) is 5.10 Å². The Morgan fingerprint density at radius 1 is 1.31 bits per heavy atom. The molecule has 0 spiro atoms. The van der Waals surface area contributed by atoms with E-state index < -0.39 is 0 Å². The van der Waals surface area contributed by atoms with Crippen molar-refractivity contribution >= 4 is 6.01 Å². The Morgan fingerprint density at radius 3 is 2.56 bits per heavy atom. The third-order valence-corrected chi connectivity index (χ3v) is 2.65. The normalized spacial score (nSPS) is 18.5. The molecule has 1 fully saturated rings. The Morgan fingerprint density at radius 2 is 2.00 bits per heavy atom. The van der Waals surface area contributed by atoms with E-state index >= 15 is 0 Å². The molecular formula is C11H20N4O. The van der Waals surface area contributed by atoms with E-state index in [1.807, 2.05) is 0 Å². The van der Waals surface area contributed by atoms with Crippen molar-refractivity contribution in [1.82, 2.24) is 15.5 Å². The lowest BCUT2D eigenvalue weighted by Crippen LogP contribution is -2.35. The quantitative estimate of drug-likeness (QED) is 0.818. The fourth-order valence-electron chi connectivity index (χ4n) is 1.29. The molecule has 16 heavy (non-hydrogen) atoms. The summed E-state index contributed by atoms with van der Waals surface area (Å²) in [6.07, 6.45) is 2.34. The van der Waals surface area contributed by atoms with Gasteiger partial charge in [0.2, 0.25) is 5.89 Å². The third kappa shape index (κ3) is 3.20. The van der Waals surface area contributed by atoms with Crippen molar-refractivity contribution in [3.05, 3.63) is 5.89 Å². The summed E-state index contributed by atoms with van der Waals surface area (Å²) >= 11 is 0. The molecule has 0 saturated heterocycles. The van der Waals surface area contributed by atoms with Gasteiger partial charge in [0, 0.05) is 11.1 Å². The maximum absolute atomic E-state index is 5.50. The van der Waals surface area contributed by atoms with Crippen molar-refractivity contribution in [2.45, 2.75) is 58.2 Å². The second kappa shape index (κ2) is 3.73. The van der Waals surface area contributed by atoms with E-state index in [0.717, 1.165) is 0 Å². The summed E-state index contributed by atoms with van der Waals surface area (Å²) in [4.78, 5) is 0. The molecule has 0 atom stereocenters. The van der Waals surface area contributed by atoms with Crippen molar-refractivity contribution in [3.63, 3.8) is 0 Å². The summed E-state index contributed by atoms with van der Waals surface area (Å²) in [6, 6.07) is 0.533. The molecule has 1 aromatic rings. The zero-order chi connectivity index (χ0) is 11.8. The van der Waals surface area contributed by atoms with Gasteiger partial charge < -0.3 is 15.1 Å². The van der Waals surface area contributed by atoms with Gasteiger partial charge >= 0.3 is 6.01 Å². The molecule has 90 valence electrons. The van der Waals surface area contributed by atoms with Gasteiger partial charge in [-0.3, -0.25) is 0 Å². The Labute approximate surface area is 96.0 Å². The maximum Gasteiger partial charge on any atom is 0.315 e. The predicted molar refractivity (Wildman–Crippen MR) is 62.2 cm³/mol. The van der Waals surface area contributed by atoms with Gasteiger partial charge in [0.15, 0.2) is 0 Å². The van der Waals surface area contributed by atoms with E-state index in [1.165, 1.54) is 12.8 Å². The molecule has 1 heterocycles. The van der Waals surface area contributed by atoms with Gasteiger partial charge in [0.1, 0.15) is 0 Å². The van der Waals surface area contributed by atoms with E-state index in [9.17, 15) is 0 Å². The molecule has 1 aliphatic carbocycles. The minimum Gasteiger partial charge on any atom is -0.407 e. The van der Waals surface area contributed by atoms with E-state index in [2.05, 4.69) is 48.5 Å². The van der Waals surface area contributed by atoms with Gasteiger partial charge in [-0.25, -0.2) is 0 Å². The molecule has 2 N–H and O–H groups in total. The first-order valence-electron chi connectivity index (χ1n) is 5.72. The minimum atomic E-state index is 0.0601. The molecule has 5 nitrogen and oxygen atoms in total. The molecule has 5 heteroatoms. The van der Waals surface area contributed by atoms with Crippen LogP contribution in [0.25, 0.3) is 0 Å². The van der Waals surface area contributed by atoms with E-state index in [4.69, 9.17) is 4.42 Å². The van der Waals surface area contributed by atoms with Crippen LogP contribution in [0.5, 0.6) is 0 Å². The van der Waals surface area contributed by atoms with Gasteiger partial charge in [-0.05, 0) is 40.5 Å². The number of hydrogen-bond donors (Lipinski definition) is 2. The lowest BCUT2D eigenvalue weighted by atomic mass is 10.1. The van der Waals surface area contributed by atoms with Crippen molar-refractivity contribution in [1.29, 1.82) is 0 Å². The van der Waals surface area contributed by atoms with Crippen LogP contribution in [0.15, 0.2) is 4.42 Å². The van der Waals surface area contributed by atoms with Crippen LogP contribution < -0.4 is 10.6 Å². The highest BCUT2D eigenvalue weighted by atomic mass is 16.4. The lowest BCUT2D eigenvalue weighted by molar-refractivity contribution is 0.383. The molecule has 0 amide bonds. The van der Waals surface area contributed by atoms with Gasteiger partial charge in [-0.1, -0.05) is 5.10 Å². The van der Waals surface area contributed by atoms with E-state index in [-0.39, 0.29) is 11.1 Å². The number of nitrogens with zero attached hydrogens (tertiary/aromatic N) is 2. The highest BCUT2D eigenvalue weighted by Gasteiger charge is 2.38. The Bertz CT molecular complexity index is 362. The van der Waals surface area contributed by atoms with Crippen LogP contribution in [0, 0.1) is 0 Å². The SMILES string of the molecule is CC(C)(C)NCc1nnc(NC2(C)CC2)o1. The van der Waals surface area contributed by atoms with Crippen molar-refractivity contribution < 1.29 is 4.42 Å². The largest absolute Gasteiger partial charge is 0.407 e. The third-order valence-electron chi connectivity index (χ3n) is 2.65. The number of nitrogens with one attached hydrogen (secondary N) is 2. The Hall–Kier alpha value is -1.10. The van der Waals surface area contributed by atoms with Crippen LogP contribution >= 0.6 is 0 Å². The number of rotatable bonds is 4. The van der Waals surface area contributed by atoms with E-state index in [1.54, 1.807) is 0 Å². The zero-order valence-electron chi connectivity index (χ0n) is 10.4. The average molecular weight is 224 g/mol. The molecule has 2 rings (SSSR count). The first-order valence-corrected chi connectivity index (χ1v) is 5.72. The lowest BCUT2D eigenvalue weighted by Gasteiger charge is -2.18. The summed E-state index contributed by atoms with van der Waals surface area (Å²) < 4.78 is 5.50. The molecule has 0 unspecified atom stereocenters. The molecule has 1 saturated carbocycles. The fourth-order valence-corrected chi connectivity index (χ4v) is 1.29. The summed E-state index contributed by atoms with van der Waals surface area (Å²) in [5.41, 5.74) is 0.242. The second-order valence-electron chi connectivity index (χ2n) is 5.79. The van der Waals surface area contributed by atoms with Crippen LogP contribution in [0.1, 0.15) is 46.4 Å². The molecule has 0 bridgehead atoms. The highest BCUT2D eigenvalue weighted by Crippen LogP contribution is 2.37. The van der Waals surface area contributed by atoms with Crippen LogP contribution in [-0.2, 0) is 6.54 Å². The molecule has 0 radical (unpaired) electrons. The predicted octanol–water partition coefficient (Wildman–Crippen LogP) is 1.92. The van der Waals surface area contributed by atoms with Gasteiger partial charge in [-0.2, -0.15) is 0 Å². The molecule has 1 aliphatic rings. The van der Waals surface area contributed by atoms with Crippen molar-refractivity contribution in [3.8, 4) is 0 Å². The zero-order valence-corrected chi connectivity index (χ0v) is 10.4. The number of anilines is 1. The van der Waals surface area contributed by atoms with Gasteiger partial charge in [0.05, 0.1) is 6.54 Å². The van der Waals surface area contributed by atoms with E-state index in [0.29, 0.717) is 18.5 Å². The maximum atomic E-state index is 5.50. The standard InChI is InChI=1S/C11H20N4O/c1-10(2,3)12-7-8-14-15-9(16-8)13-11(4)5-6-11/h12H,5-7H2,1-4H3,(H,13,15). The minimum absolute atomic E-state index is 0.0601. The number of aromatic nitrogens is 2. The van der Waals surface area contributed by atoms with Crippen LogP contribution in [-0.4, -0.2) is 21.3 Å². The van der Waals surface area contributed by atoms with Crippen molar-refractivity contribution in [2.75, 3.05) is 5.32 Å². The summed E-state index contributed by atoms with van der Waals surface area (Å²) in [5.74, 6) is 0.627. The first kappa shape index (κ1) is 11.4. The molecule has 0 aromatic carbocycles. The molecular weight excluding hydrogens is 204 g/mol. The Balaban J connectivity index is 1.87. The average Bonchev–Trinajstić information content (AvgIpc) is 2.72. The van der Waals surface area contributed by atoms with Crippen molar-refractivity contribution in [2.24, 2.45) is 0 Å². The van der Waals surface area contributed by atoms with Crippen LogP contribution in [0.3, 0.4) is 0 Å². The molecule has 0 aliphatic heterocycles. The monoisotopic (exact) mass is 224 g/mol. The topological polar surface area (TPSA) is 63.0 Å². The van der Waals surface area contributed by atoms with Crippen LogP contribution in [0.4, 0.5) is 6.01 Å². The van der Waals surface area contributed by atoms with Gasteiger partial charge in [0.25, 0.3) is 0 Å². The molecule has 1 aromatic heterocycles. The number of hydrogen-bond acceptors (Lipinski definition) is 5. The Kier molecular flexibility index (Phi) is 2.66. The first-order chi connectivity index (χ1) is 7.36. The second-order valence-corrected chi connectivity index (χ2v) is 5.79. The smallest absolute Gasteiger partial charge is 0.315 e. The van der Waals surface area contributed by atoms with Crippen LogP contribution in [0.2, 0.25) is 0 Å². The fraction of sp³-hybridized carbons (Fsp3) is 0.818. The summed E-state index contributed by atoms with van der Waals surface area (Å²) in [7, 11) is 0. The summed E-state index contributed by atoms with van der Waals surface area (Å²) in [6.45, 7) is 9.08. The highest BCUT2D eigenvalue weighted by molar-refractivity contribution is 5.28.